The van der Waals surface area contributed by atoms with Crippen LogP contribution in [0.1, 0.15) is 63.8 Å². The van der Waals surface area contributed by atoms with Crippen LogP contribution in [0.2, 0.25) is 0 Å². The first-order valence-electron chi connectivity index (χ1n) is 13.3. The number of fused-ring (bicyclic) bond motifs is 1. The summed E-state index contributed by atoms with van der Waals surface area (Å²) in [6.45, 7) is 9.66. The minimum Gasteiger partial charge on any atom is -0.493 e. The van der Waals surface area contributed by atoms with Crippen molar-refractivity contribution in [2.24, 2.45) is 5.92 Å². The van der Waals surface area contributed by atoms with Crippen molar-refractivity contribution in [2.45, 2.75) is 71.9 Å². The maximum Gasteiger partial charge on any atom is 0.416 e. The lowest BCUT2D eigenvalue weighted by Gasteiger charge is -2.30. The van der Waals surface area contributed by atoms with Gasteiger partial charge in [0.2, 0.25) is 0 Å². The Hall–Kier alpha value is -3.59. The average Bonchev–Trinajstić information content (AvgIpc) is 2.86. The van der Waals surface area contributed by atoms with Gasteiger partial charge in [0.15, 0.2) is 6.10 Å². The lowest BCUT2D eigenvalue weighted by molar-refractivity contribution is -0.163. The molecule has 1 aliphatic heterocycles. The zero-order valence-electron chi connectivity index (χ0n) is 23.3. The standard InChI is InChI=1S/C31H34F3NO5/c1-18(2)16-35-17-21(9-13-25(35)36)22-10-11-23(31(32,33)34)27(28(29(37)38)40-30(3,4)5)26(22)20-8-12-24-19(15-20)7-6-14-39-24/h8-13,15,17-18,28H,6-7,14,16H2,1-5H3,(H,37,38). The summed E-state index contributed by atoms with van der Waals surface area (Å²) in [6, 6.07) is 10.3. The van der Waals surface area contributed by atoms with E-state index in [4.69, 9.17) is 9.47 Å². The van der Waals surface area contributed by atoms with Crippen LogP contribution in [0.3, 0.4) is 0 Å². The van der Waals surface area contributed by atoms with E-state index in [1.807, 2.05) is 13.8 Å². The number of pyridine rings is 1. The summed E-state index contributed by atoms with van der Waals surface area (Å²) in [4.78, 5) is 25.1. The normalized spacial score (nSPS) is 14.5. The molecule has 214 valence electrons. The Kier molecular flexibility index (Phi) is 8.17. The van der Waals surface area contributed by atoms with Crippen LogP contribution >= 0.6 is 0 Å². The van der Waals surface area contributed by atoms with Gasteiger partial charge >= 0.3 is 12.1 Å². The molecule has 0 amide bonds. The van der Waals surface area contributed by atoms with Gasteiger partial charge in [-0.1, -0.05) is 26.0 Å². The second-order valence-corrected chi connectivity index (χ2v) is 11.5. The second kappa shape index (κ2) is 11.1. The van der Waals surface area contributed by atoms with Crippen LogP contribution in [-0.4, -0.2) is 27.9 Å². The molecule has 40 heavy (non-hydrogen) atoms. The predicted octanol–water partition coefficient (Wildman–Crippen LogP) is 7.12. The number of aliphatic carboxylic acids is 1. The average molecular weight is 558 g/mol. The van der Waals surface area contributed by atoms with E-state index in [0.717, 1.165) is 18.1 Å². The highest BCUT2D eigenvalue weighted by atomic mass is 19.4. The summed E-state index contributed by atoms with van der Waals surface area (Å²) in [7, 11) is 0. The molecule has 1 unspecified atom stereocenters. The van der Waals surface area contributed by atoms with Crippen molar-refractivity contribution < 1.29 is 32.5 Å². The van der Waals surface area contributed by atoms with Gasteiger partial charge in [-0.15, -0.1) is 0 Å². The van der Waals surface area contributed by atoms with E-state index in [9.17, 15) is 27.9 Å². The van der Waals surface area contributed by atoms with E-state index in [1.165, 1.54) is 16.7 Å². The summed E-state index contributed by atoms with van der Waals surface area (Å²) >= 11 is 0. The summed E-state index contributed by atoms with van der Waals surface area (Å²) < 4.78 is 56.7. The third kappa shape index (κ3) is 6.41. The first-order chi connectivity index (χ1) is 18.7. The molecule has 9 heteroatoms. The minimum absolute atomic E-state index is 0.0922. The van der Waals surface area contributed by atoms with Gasteiger partial charge in [0.25, 0.3) is 5.56 Å². The largest absolute Gasteiger partial charge is 0.493 e. The van der Waals surface area contributed by atoms with Gasteiger partial charge in [-0.05, 0) is 91.6 Å². The molecule has 1 N–H and O–H groups in total. The topological polar surface area (TPSA) is 77.8 Å². The molecule has 2 heterocycles. The van der Waals surface area contributed by atoms with Gasteiger partial charge in [-0.25, -0.2) is 4.79 Å². The molecule has 0 aliphatic carbocycles. The maximum atomic E-state index is 14.6. The van der Waals surface area contributed by atoms with Crippen LogP contribution in [0.15, 0.2) is 53.5 Å². The number of ether oxygens (including phenoxy) is 2. The van der Waals surface area contributed by atoms with Crippen LogP contribution in [0.5, 0.6) is 5.75 Å². The van der Waals surface area contributed by atoms with Gasteiger partial charge in [-0.2, -0.15) is 13.2 Å². The zero-order chi connectivity index (χ0) is 29.4. The van der Waals surface area contributed by atoms with Crippen molar-refractivity contribution >= 4 is 5.97 Å². The van der Waals surface area contributed by atoms with Crippen molar-refractivity contribution in [3.8, 4) is 28.0 Å². The van der Waals surface area contributed by atoms with Crippen molar-refractivity contribution in [2.75, 3.05) is 6.61 Å². The number of carbonyl (C=O) groups is 1. The monoisotopic (exact) mass is 557 g/mol. The molecule has 4 rings (SSSR count). The SMILES string of the molecule is CC(C)Cn1cc(-c2ccc(C(F)(F)F)c(C(OC(C)(C)C)C(=O)O)c2-c2ccc3c(c2)CCCO3)ccc1=O. The molecule has 1 atom stereocenters. The van der Waals surface area contributed by atoms with Crippen molar-refractivity contribution in [3.63, 3.8) is 0 Å². The predicted molar refractivity (Wildman–Crippen MR) is 146 cm³/mol. The van der Waals surface area contributed by atoms with E-state index in [1.54, 1.807) is 51.2 Å². The van der Waals surface area contributed by atoms with Crippen LogP contribution in [0.4, 0.5) is 13.2 Å². The maximum absolute atomic E-state index is 14.6. The fourth-order valence-corrected chi connectivity index (χ4v) is 5.02. The zero-order valence-corrected chi connectivity index (χ0v) is 23.3. The van der Waals surface area contributed by atoms with Gasteiger partial charge in [0.1, 0.15) is 5.75 Å². The molecule has 0 saturated heterocycles. The molecule has 2 aromatic carbocycles. The number of alkyl halides is 3. The number of carboxylic acid groups (broad SMARTS) is 1. The number of carboxylic acids is 1. The number of hydrogen-bond donors (Lipinski definition) is 1. The number of halogens is 3. The number of aryl methyl sites for hydroxylation is 1. The summed E-state index contributed by atoms with van der Waals surface area (Å²) in [5.74, 6) is -0.742. The number of nitrogens with zero attached hydrogens (tertiary/aromatic N) is 1. The molecule has 1 aliphatic rings. The highest BCUT2D eigenvalue weighted by molar-refractivity contribution is 5.90. The molecule has 0 fully saturated rings. The van der Waals surface area contributed by atoms with E-state index in [-0.39, 0.29) is 17.0 Å². The minimum atomic E-state index is -4.86. The van der Waals surface area contributed by atoms with Crippen LogP contribution in [0, 0.1) is 5.92 Å². The molecule has 6 nitrogen and oxygen atoms in total. The molecule has 1 aromatic heterocycles. The number of aromatic nitrogens is 1. The Labute approximate surface area is 231 Å². The molecule has 0 bridgehead atoms. The smallest absolute Gasteiger partial charge is 0.416 e. The Morgan fingerprint density at radius 3 is 2.40 bits per heavy atom. The first-order valence-corrected chi connectivity index (χ1v) is 13.3. The highest BCUT2D eigenvalue weighted by Gasteiger charge is 2.41. The lowest BCUT2D eigenvalue weighted by atomic mass is 9.84. The second-order valence-electron chi connectivity index (χ2n) is 11.5. The molecule has 3 aromatic rings. The Morgan fingerprint density at radius 2 is 1.77 bits per heavy atom. The third-order valence-corrected chi connectivity index (χ3v) is 6.56. The summed E-state index contributed by atoms with van der Waals surface area (Å²) in [5.41, 5.74) is -0.700. The third-order valence-electron chi connectivity index (χ3n) is 6.56. The first kappa shape index (κ1) is 29.4. The van der Waals surface area contributed by atoms with Crippen molar-refractivity contribution in [1.82, 2.24) is 4.57 Å². The van der Waals surface area contributed by atoms with Crippen LogP contribution < -0.4 is 10.3 Å². The fraction of sp³-hybridized carbons (Fsp3) is 0.419. The fourth-order valence-electron chi connectivity index (χ4n) is 5.02. The number of hydrogen-bond acceptors (Lipinski definition) is 4. The quantitative estimate of drug-likeness (QED) is 0.335. The van der Waals surface area contributed by atoms with Gasteiger partial charge in [-0.3, -0.25) is 4.79 Å². The van der Waals surface area contributed by atoms with Gasteiger partial charge < -0.3 is 19.1 Å². The summed E-state index contributed by atoms with van der Waals surface area (Å²) in [6.07, 6.45) is -3.73. The molecular formula is C31H34F3NO5. The Balaban J connectivity index is 2.12. The van der Waals surface area contributed by atoms with E-state index >= 15 is 0 Å². The van der Waals surface area contributed by atoms with E-state index < -0.39 is 35.0 Å². The molecule has 0 saturated carbocycles. The number of rotatable bonds is 7. The molecular weight excluding hydrogens is 523 g/mol. The van der Waals surface area contributed by atoms with E-state index in [2.05, 4.69) is 0 Å². The van der Waals surface area contributed by atoms with Crippen LogP contribution in [-0.2, 0) is 28.7 Å². The Bertz CT molecular complexity index is 1470. The van der Waals surface area contributed by atoms with E-state index in [0.29, 0.717) is 42.0 Å². The van der Waals surface area contributed by atoms with Crippen LogP contribution in [0.25, 0.3) is 22.3 Å². The highest BCUT2D eigenvalue weighted by Crippen LogP contribution is 2.47. The molecule has 0 spiro atoms. The van der Waals surface area contributed by atoms with Gasteiger partial charge in [0, 0.05) is 24.4 Å². The van der Waals surface area contributed by atoms with Crippen molar-refractivity contribution in [3.05, 3.63) is 75.7 Å². The molecule has 0 radical (unpaired) electrons. The van der Waals surface area contributed by atoms with Gasteiger partial charge in [0.05, 0.1) is 17.8 Å². The number of benzene rings is 2. The lowest BCUT2D eigenvalue weighted by Crippen LogP contribution is -2.29. The summed E-state index contributed by atoms with van der Waals surface area (Å²) in [5, 5.41) is 10.2. The van der Waals surface area contributed by atoms with Crippen molar-refractivity contribution in [1.29, 1.82) is 0 Å². The Morgan fingerprint density at radius 1 is 1.07 bits per heavy atom.